The third-order valence-electron chi connectivity index (χ3n) is 6.16. The molecule has 4 N–H and O–H groups in total. The van der Waals surface area contributed by atoms with Gasteiger partial charge < -0.3 is 25.6 Å². The molecule has 9 heteroatoms. The van der Waals surface area contributed by atoms with Crippen molar-refractivity contribution in [2.45, 2.75) is 39.2 Å². The number of aliphatic hydroxyl groups excluding tert-OH is 1. The van der Waals surface area contributed by atoms with E-state index in [2.05, 4.69) is 15.6 Å². The van der Waals surface area contributed by atoms with E-state index in [1.54, 1.807) is 24.8 Å². The SMILES string of the molecule is Cc1[nH]c(C=C2C(=O)Nc3ccc(F)cc32)c(C)c1C(=O)NCC[C@H](O)C(=O)N1CCCC1. The number of nitrogens with zero attached hydrogens (tertiary/aromatic N) is 1. The molecule has 0 aliphatic carbocycles. The van der Waals surface area contributed by atoms with E-state index in [1.807, 2.05) is 0 Å². The molecule has 0 saturated carbocycles. The molecule has 2 aliphatic heterocycles. The zero-order chi connectivity index (χ0) is 23.7. The largest absolute Gasteiger partial charge is 0.383 e. The van der Waals surface area contributed by atoms with Gasteiger partial charge in [-0.1, -0.05) is 0 Å². The highest BCUT2D eigenvalue weighted by Gasteiger charge is 2.27. The number of hydrogen-bond acceptors (Lipinski definition) is 4. The lowest BCUT2D eigenvalue weighted by Crippen LogP contribution is -2.39. The molecular formula is C24H27FN4O4. The average Bonchev–Trinajstić information content (AvgIpc) is 3.47. The highest BCUT2D eigenvalue weighted by atomic mass is 19.1. The Kier molecular flexibility index (Phi) is 6.33. The summed E-state index contributed by atoms with van der Waals surface area (Å²) in [6.07, 6.45) is 2.49. The molecule has 0 radical (unpaired) electrons. The molecule has 8 nitrogen and oxygen atoms in total. The third-order valence-corrected chi connectivity index (χ3v) is 6.16. The number of rotatable bonds is 6. The minimum absolute atomic E-state index is 0.128. The highest BCUT2D eigenvalue weighted by Crippen LogP contribution is 2.34. The van der Waals surface area contributed by atoms with Crippen LogP contribution in [0.25, 0.3) is 11.6 Å². The van der Waals surface area contributed by atoms with Crippen molar-refractivity contribution in [1.29, 1.82) is 0 Å². The van der Waals surface area contributed by atoms with Gasteiger partial charge in [-0.05, 0) is 62.9 Å². The van der Waals surface area contributed by atoms with Crippen LogP contribution >= 0.6 is 0 Å². The van der Waals surface area contributed by atoms with Crippen LogP contribution in [0, 0.1) is 19.7 Å². The number of amides is 3. The summed E-state index contributed by atoms with van der Waals surface area (Å²) < 4.78 is 13.7. The van der Waals surface area contributed by atoms with Crippen molar-refractivity contribution in [1.82, 2.24) is 15.2 Å². The number of anilines is 1. The number of nitrogens with one attached hydrogen (secondary N) is 3. The number of carbonyl (C=O) groups excluding carboxylic acids is 3. The summed E-state index contributed by atoms with van der Waals surface area (Å²) in [5.74, 6) is -1.42. The van der Waals surface area contributed by atoms with E-state index in [-0.39, 0.29) is 30.7 Å². The van der Waals surface area contributed by atoms with Crippen molar-refractivity contribution in [2.24, 2.45) is 0 Å². The van der Waals surface area contributed by atoms with Gasteiger partial charge in [0, 0.05) is 42.3 Å². The Bertz CT molecular complexity index is 1150. The van der Waals surface area contributed by atoms with Crippen LogP contribution in [0.1, 0.15) is 52.1 Å². The zero-order valence-corrected chi connectivity index (χ0v) is 18.6. The van der Waals surface area contributed by atoms with Crippen LogP contribution in [0.5, 0.6) is 0 Å². The molecule has 1 aromatic carbocycles. The van der Waals surface area contributed by atoms with Gasteiger partial charge in [0.2, 0.25) is 0 Å². The van der Waals surface area contributed by atoms with Crippen molar-refractivity contribution in [3.05, 3.63) is 52.1 Å². The summed E-state index contributed by atoms with van der Waals surface area (Å²) in [5.41, 5.74) is 3.57. The molecule has 4 rings (SSSR count). The first kappa shape index (κ1) is 22.7. The van der Waals surface area contributed by atoms with Crippen LogP contribution in [0.2, 0.25) is 0 Å². The fourth-order valence-corrected chi connectivity index (χ4v) is 4.39. The molecule has 1 atom stereocenters. The van der Waals surface area contributed by atoms with Crippen LogP contribution in [0.4, 0.5) is 10.1 Å². The minimum atomic E-state index is -1.14. The standard InChI is InChI=1S/C24H27FN4O4/c1-13-19(12-17-16-11-15(25)5-6-18(16)28-22(17)31)27-14(2)21(13)23(32)26-8-7-20(30)24(33)29-9-3-4-10-29/h5-6,11-12,20,27,30H,3-4,7-10H2,1-2H3,(H,26,32)(H,28,31)/t20-/m0/s1. The summed E-state index contributed by atoms with van der Waals surface area (Å²) in [5, 5.41) is 15.6. The summed E-state index contributed by atoms with van der Waals surface area (Å²) in [7, 11) is 0. The predicted octanol–water partition coefficient (Wildman–Crippen LogP) is 2.37. The molecule has 0 bridgehead atoms. The Morgan fingerprint density at radius 3 is 2.73 bits per heavy atom. The van der Waals surface area contributed by atoms with Gasteiger partial charge >= 0.3 is 0 Å². The number of aliphatic hydroxyl groups is 1. The van der Waals surface area contributed by atoms with E-state index in [0.717, 1.165) is 12.8 Å². The monoisotopic (exact) mass is 454 g/mol. The smallest absolute Gasteiger partial charge is 0.256 e. The van der Waals surface area contributed by atoms with Crippen molar-refractivity contribution in [3.63, 3.8) is 0 Å². The summed E-state index contributed by atoms with van der Waals surface area (Å²) in [6, 6.07) is 4.09. The molecule has 1 saturated heterocycles. The molecule has 0 spiro atoms. The molecule has 2 aromatic rings. The Hall–Kier alpha value is -3.46. The van der Waals surface area contributed by atoms with Crippen LogP contribution in [-0.4, -0.2) is 58.5 Å². The average molecular weight is 455 g/mol. The predicted molar refractivity (Wildman–Crippen MR) is 122 cm³/mol. The maximum atomic E-state index is 13.7. The quantitative estimate of drug-likeness (QED) is 0.502. The first-order valence-corrected chi connectivity index (χ1v) is 11.0. The maximum Gasteiger partial charge on any atom is 0.256 e. The Morgan fingerprint density at radius 2 is 2.00 bits per heavy atom. The van der Waals surface area contributed by atoms with Gasteiger partial charge in [0.15, 0.2) is 0 Å². The van der Waals surface area contributed by atoms with E-state index < -0.39 is 11.9 Å². The first-order valence-electron chi connectivity index (χ1n) is 11.0. The number of H-pyrrole nitrogens is 1. The van der Waals surface area contributed by atoms with Gasteiger partial charge in [0.25, 0.3) is 17.7 Å². The fraction of sp³-hybridized carbons (Fsp3) is 0.375. The molecule has 33 heavy (non-hydrogen) atoms. The molecule has 1 aromatic heterocycles. The van der Waals surface area contributed by atoms with Crippen LogP contribution in [0.3, 0.4) is 0 Å². The van der Waals surface area contributed by atoms with E-state index >= 15 is 0 Å². The minimum Gasteiger partial charge on any atom is -0.383 e. The molecule has 0 unspecified atom stereocenters. The van der Waals surface area contributed by atoms with E-state index in [9.17, 15) is 23.9 Å². The zero-order valence-electron chi connectivity index (χ0n) is 18.6. The van der Waals surface area contributed by atoms with Crippen molar-refractivity contribution >= 4 is 35.1 Å². The maximum absolute atomic E-state index is 13.7. The Balaban J connectivity index is 1.45. The molecule has 2 aliphatic rings. The number of aromatic amines is 1. The fourth-order valence-electron chi connectivity index (χ4n) is 4.39. The number of likely N-dealkylation sites (tertiary alicyclic amines) is 1. The lowest BCUT2D eigenvalue weighted by molar-refractivity contribution is -0.139. The van der Waals surface area contributed by atoms with Crippen molar-refractivity contribution < 1.29 is 23.9 Å². The number of aromatic nitrogens is 1. The second-order valence-electron chi connectivity index (χ2n) is 8.46. The van der Waals surface area contributed by atoms with Gasteiger partial charge in [-0.2, -0.15) is 0 Å². The summed E-state index contributed by atoms with van der Waals surface area (Å²) >= 11 is 0. The normalized spacial score (nSPS) is 17.3. The van der Waals surface area contributed by atoms with Crippen LogP contribution < -0.4 is 10.6 Å². The molecular weight excluding hydrogens is 427 g/mol. The summed E-state index contributed by atoms with van der Waals surface area (Å²) in [4.78, 5) is 42.2. The van der Waals surface area contributed by atoms with Gasteiger partial charge in [0.1, 0.15) is 11.9 Å². The topological polar surface area (TPSA) is 115 Å². The van der Waals surface area contributed by atoms with Gasteiger partial charge in [-0.15, -0.1) is 0 Å². The van der Waals surface area contributed by atoms with Gasteiger partial charge in [0.05, 0.1) is 11.1 Å². The van der Waals surface area contributed by atoms with Gasteiger partial charge in [-0.3, -0.25) is 14.4 Å². The Labute approximate surface area is 190 Å². The molecule has 1 fully saturated rings. The van der Waals surface area contributed by atoms with E-state index in [4.69, 9.17) is 0 Å². The highest BCUT2D eigenvalue weighted by molar-refractivity contribution is 6.34. The number of benzene rings is 1. The number of fused-ring (bicyclic) bond motifs is 1. The second-order valence-corrected chi connectivity index (χ2v) is 8.46. The lowest BCUT2D eigenvalue weighted by atomic mass is 10.0. The number of halogens is 1. The van der Waals surface area contributed by atoms with Crippen LogP contribution in [-0.2, 0) is 9.59 Å². The third kappa shape index (κ3) is 4.54. The molecule has 174 valence electrons. The first-order chi connectivity index (χ1) is 15.8. The van der Waals surface area contributed by atoms with Crippen molar-refractivity contribution in [3.8, 4) is 0 Å². The second kappa shape index (κ2) is 9.19. The number of aryl methyl sites for hydroxylation is 1. The molecule has 3 amide bonds. The summed E-state index contributed by atoms with van der Waals surface area (Å²) in [6.45, 7) is 4.98. The van der Waals surface area contributed by atoms with E-state index in [1.165, 1.54) is 18.2 Å². The van der Waals surface area contributed by atoms with Crippen molar-refractivity contribution in [2.75, 3.05) is 25.0 Å². The Morgan fingerprint density at radius 1 is 1.27 bits per heavy atom. The lowest BCUT2D eigenvalue weighted by Gasteiger charge is -2.19. The number of hydrogen-bond donors (Lipinski definition) is 4. The van der Waals surface area contributed by atoms with E-state index in [0.29, 0.717) is 52.4 Å². The van der Waals surface area contributed by atoms with Crippen LogP contribution in [0.15, 0.2) is 18.2 Å². The van der Waals surface area contributed by atoms with Gasteiger partial charge in [-0.25, -0.2) is 4.39 Å². The number of carbonyl (C=O) groups is 3. The molecule has 3 heterocycles.